The summed E-state index contributed by atoms with van der Waals surface area (Å²) in [6.07, 6.45) is 5.09. The van der Waals surface area contributed by atoms with Gasteiger partial charge in [-0.25, -0.2) is 13.1 Å². The average Bonchev–Trinajstić information content (AvgIpc) is 2.69. The zero-order chi connectivity index (χ0) is 20.9. The SMILES string of the molecule is CCCS(=O)(=O)NCCCc1ccc2c(c1)C(Cc1ccccc1Cl)C(N)CC2.Cl. The summed E-state index contributed by atoms with van der Waals surface area (Å²) in [5.41, 5.74) is 11.6. The fourth-order valence-corrected chi connectivity index (χ4v) is 5.50. The predicted octanol–water partition coefficient (Wildman–Crippen LogP) is 4.62. The molecule has 0 heterocycles. The summed E-state index contributed by atoms with van der Waals surface area (Å²) in [6.45, 7) is 2.35. The van der Waals surface area contributed by atoms with Crippen LogP contribution in [0.3, 0.4) is 0 Å². The van der Waals surface area contributed by atoms with Gasteiger partial charge in [0.25, 0.3) is 0 Å². The first-order valence-corrected chi connectivity index (χ1v) is 12.5. The molecule has 0 aromatic heterocycles. The van der Waals surface area contributed by atoms with Crippen molar-refractivity contribution in [3.63, 3.8) is 0 Å². The van der Waals surface area contributed by atoms with Crippen LogP contribution in [0.25, 0.3) is 0 Å². The van der Waals surface area contributed by atoms with Gasteiger partial charge in [-0.2, -0.15) is 0 Å². The smallest absolute Gasteiger partial charge is 0.211 e. The number of benzene rings is 2. The lowest BCUT2D eigenvalue weighted by atomic mass is 9.76. The average molecular weight is 471 g/mol. The quantitative estimate of drug-likeness (QED) is 0.524. The van der Waals surface area contributed by atoms with E-state index >= 15 is 0 Å². The Bertz CT molecular complexity index is 935. The Labute approximate surface area is 192 Å². The number of hydrogen-bond acceptors (Lipinski definition) is 3. The van der Waals surface area contributed by atoms with Gasteiger partial charge in [-0.15, -0.1) is 12.4 Å². The molecule has 3 rings (SSSR count). The molecule has 0 saturated heterocycles. The third-order valence-corrected chi connectivity index (χ3v) is 7.67. The molecule has 0 fully saturated rings. The maximum absolute atomic E-state index is 11.8. The van der Waals surface area contributed by atoms with Gasteiger partial charge >= 0.3 is 0 Å². The lowest BCUT2D eigenvalue weighted by Gasteiger charge is -2.32. The van der Waals surface area contributed by atoms with E-state index in [9.17, 15) is 8.42 Å². The Hall–Kier alpha value is -1.11. The summed E-state index contributed by atoms with van der Waals surface area (Å²) < 4.78 is 26.2. The van der Waals surface area contributed by atoms with E-state index in [1.165, 1.54) is 16.7 Å². The zero-order valence-corrected chi connectivity index (χ0v) is 19.8. The molecule has 2 unspecified atom stereocenters. The van der Waals surface area contributed by atoms with E-state index < -0.39 is 10.0 Å². The third-order valence-electron chi connectivity index (χ3n) is 5.71. The standard InChI is InChI=1S/C23H31ClN2O2S.ClH/c1-2-14-29(27,28)26-13-5-6-17-9-10-18-11-12-23(25)21(20(18)15-17)16-19-7-3-4-8-22(19)24;/h3-4,7-10,15,21,23,26H,2,5-6,11-14,16,25H2,1H3;1H. The molecule has 1 aliphatic carbocycles. The minimum Gasteiger partial charge on any atom is -0.327 e. The molecule has 166 valence electrons. The van der Waals surface area contributed by atoms with Crippen molar-refractivity contribution >= 4 is 34.0 Å². The van der Waals surface area contributed by atoms with E-state index in [0.717, 1.165) is 42.7 Å². The van der Waals surface area contributed by atoms with E-state index in [-0.39, 0.29) is 30.1 Å². The molecule has 0 saturated carbocycles. The number of nitrogens with two attached hydrogens (primary N) is 1. The van der Waals surface area contributed by atoms with Crippen molar-refractivity contribution in [1.82, 2.24) is 4.72 Å². The molecule has 7 heteroatoms. The van der Waals surface area contributed by atoms with Crippen LogP contribution >= 0.6 is 24.0 Å². The van der Waals surface area contributed by atoms with Crippen molar-refractivity contribution in [3.8, 4) is 0 Å². The van der Waals surface area contributed by atoms with Crippen molar-refractivity contribution in [3.05, 3.63) is 69.7 Å². The first-order chi connectivity index (χ1) is 13.9. The van der Waals surface area contributed by atoms with Crippen LogP contribution in [0.4, 0.5) is 0 Å². The maximum atomic E-state index is 11.8. The van der Waals surface area contributed by atoms with Crippen LogP contribution in [-0.2, 0) is 29.3 Å². The van der Waals surface area contributed by atoms with Crippen LogP contribution < -0.4 is 10.5 Å². The largest absolute Gasteiger partial charge is 0.327 e. The van der Waals surface area contributed by atoms with Crippen LogP contribution in [0.2, 0.25) is 5.02 Å². The topological polar surface area (TPSA) is 72.2 Å². The van der Waals surface area contributed by atoms with Crippen molar-refractivity contribution in [2.24, 2.45) is 5.73 Å². The van der Waals surface area contributed by atoms with E-state index in [1.54, 1.807) is 0 Å². The minimum absolute atomic E-state index is 0. The van der Waals surface area contributed by atoms with E-state index in [4.69, 9.17) is 17.3 Å². The second-order valence-corrected chi connectivity index (χ2v) is 10.3. The molecule has 0 aliphatic heterocycles. The Kier molecular flexibility index (Phi) is 9.64. The molecule has 3 N–H and O–H groups in total. The molecular weight excluding hydrogens is 439 g/mol. The molecular formula is C23H32Cl2N2O2S. The Morgan fingerprint density at radius 3 is 2.70 bits per heavy atom. The molecule has 2 aromatic rings. The number of sulfonamides is 1. The number of hydrogen-bond donors (Lipinski definition) is 2. The lowest BCUT2D eigenvalue weighted by Crippen LogP contribution is -2.34. The highest BCUT2D eigenvalue weighted by Gasteiger charge is 2.28. The summed E-state index contributed by atoms with van der Waals surface area (Å²) in [5.74, 6) is 0.439. The van der Waals surface area contributed by atoms with Crippen molar-refractivity contribution in [2.75, 3.05) is 12.3 Å². The summed E-state index contributed by atoms with van der Waals surface area (Å²) >= 11 is 6.40. The minimum atomic E-state index is -3.13. The van der Waals surface area contributed by atoms with E-state index in [0.29, 0.717) is 13.0 Å². The van der Waals surface area contributed by atoms with Gasteiger partial charge in [0.05, 0.1) is 5.75 Å². The van der Waals surface area contributed by atoms with Gasteiger partial charge in [-0.1, -0.05) is 54.9 Å². The summed E-state index contributed by atoms with van der Waals surface area (Å²) in [7, 11) is -3.13. The molecule has 2 atom stereocenters. The molecule has 0 bridgehead atoms. The maximum Gasteiger partial charge on any atom is 0.211 e. The highest BCUT2D eigenvalue weighted by Crippen LogP contribution is 2.35. The summed E-state index contributed by atoms with van der Waals surface area (Å²) in [4.78, 5) is 0. The fraction of sp³-hybridized carbons (Fsp3) is 0.478. The van der Waals surface area contributed by atoms with Gasteiger partial charge in [-0.3, -0.25) is 0 Å². The van der Waals surface area contributed by atoms with Gasteiger partial charge in [0.15, 0.2) is 0 Å². The van der Waals surface area contributed by atoms with Crippen LogP contribution in [0.1, 0.15) is 54.4 Å². The molecule has 0 radical (unpaired) electrons. The van der Waals surface area contributed by atoms with E-state index in [2.05, 4.69) is 29.0 Å². The Morgan fingerprint density at radius 2 is 1.97 bits per heavy atom. The normalized spacial score (nSPS) is 18.5. The monoisotopic (exact) mass is 470 g/mol. The Morgan fingerprint density at radius 1 is 1.20 bits per heavy atom. The molecule has 0 spiro atoms. The fourth-order valence-electron chi connectivity index (χ4n) is 4.15. The predicted molar refractivity (Wildman–Crippen MR) is 128 cm³/mol. The summed E-state index contributed by atoms with van der Waals surface area (Å²) in [5, 5.41) is 0.794. The van der Waals surface area contributed by atoms with Crippen LogP contribution in [0.15, 0.2) is 42.5 Å². The van der Waals surface area contributed by atoms with Gasteiger partial charge in [0.2, 0.25) is 10.0 Å². The summed E-state index contributed by atoms with van der Waals surface area (Å²) in [6, 6.07) is 14.8. The van der Waals surface area contributed by atoms with Gasteiger partial charge in [0, 0.05) is 23.5 Å². The first kappa shape index (κ1) is 25.2. The second-order valence-electron chi connectivity index (χ2n) is 7.95. The van der Waals surface area contributed by atoms with Crippen molar-refractivity contribution < 1.29 is 8.42 Å². The lowest BCUT2D eigenvalue weighted by molar-refractivity contribution is 0.467. The molecule has 4 nitrogen and oxygen atoms in total. The van der Waals surface area contributed by atoms with Crippen LogP contribution in [0.5, 0.6) is 0 Å². The molecule has 1 aliphatic rings. The van der Waals surface area contributed by atoms with E-state index in [1.807, 2.05) is 25.1 Å². The van der Waals surface area contributed by atoms with Crippen LogP contribution in [-0.4, -0.2) is 26.8 Å². The zero-order valence-electron chi connectivity index (χ0n) is 17.4. The Balaban J connectivity index is 0.00000320. The highest BCUT2D eigenvalue weighted by molar-refractivity contribution is 7.89. The number of halogens is 2. The van der Waals surface area contributed by atoms with Crippen LogP contribution in [0, 0.1) is 0 Å². The number of aryl methyl sites for hydroxylation is 2. The molecule has 30 heavy (non-hydrogen) atoms. The first-order valence-electron chi connectivity index (χ1n) is 10.5. The van der Waals surface area contributed by atoms with Gasteiger partial charge in [0.1, 0.15) is 0 Å². The third kappa shape index (κ3) is 6.69. The second kappa shape index (κ2) is 11.5. The van der Waals surface area contributed by atoms with Crippen molar-refractivity contribution in [1.29, 1.82) is 0 Å². The van der Waals surface area contributed by atoms with Crippen molar-refractivity contribution in [2.45, 2.75) is 57.4 Å². The highest BCUT2D eigenvalue weighted by atomic mass is 35.5. The molecule has 2 aromatic carbocycles. The van der Waals surface area contributed by atoms with Gasteiger partial charge in [-0.05, 0) is 66.8 Å². The molecule has 0 amide bonds. The number of rotatable bonds is 9. The number of fused-ring (bicyclic) bond motifs is 1. The number of nitrogens with one attached hydrogen (secondary N) is 1. The van der Waals surface area contributed by atoms with Gasteiger partial charge < -0.3 is 5.73 Å².